The molecule has 0 spiro atoms. The van der Waals surface area contributed by atoms with Gasteiger partial charge in [-0.15, -0.1) is 0 Å². The highest BCUT2D eigenvalue weighted by Crippen LogP contribution is 2.21. The highest BCUT2D eigenvalue weighted by molar-refractivity contribution is 5.96. The Hall–Kier alpha value is -2.18. The van der Waals surface area contributed by atoms with Crippen molar-refractivity contribution in [2.45, 2.75) is 0 Å². The molecule has 0 aromatic heterocycles. The van der Waals surface area contributed by atoms with E-state index >= 15 is 0 Å². The summed E-state index contributed by atoms with van der Waals surface area (Å²) in [6.07, 6.45) is 1.20. The summed E-state index contributed by atoms with van der Waals surface area (Å²) in [5, 5.41) is 0. The Labute approximate surface area is 119 Å². The van der Waals surface area contributed by atoms with Gasteiger partial charge in [-0.3, -0.25) is 0 Å². The Morgan fingerprint density at radius 1 is 0.850 bits per heavy atom. The minimum absolute atomic E-state index is 0.135. The molecular weight excluding hydrogens is 264 g/mol. The summed E-state index contributed by atoms with van der Waals surface area (Å²) in [7, 11) is 10.8. The molecule has 0 radical (unpaired) electrons. The summed E-state index contributed by atoms with van der Waals surface area (Å²) in [5.41, 5.74) is 0.463. The average Bonchev–Trinajstić information content (AvgIpc) is 2.40. The first-order valence-electron chi connectivity index (χ1n) is 5.81. The van der Waals surface area contributed by atoms with Crippen LogP contribution < -0.4 is 0 Å². The van der Waals surface area contributed by atoms with Gasteiger partial charge in [0.2, 0.25) is 5.88 Å². The number of esters is 2. The van der Waals surface area contributed by atoms with Crippen LogP contribution in [0.15, 0.2) is 23.2 Å². The summed E-state index contributed by atoms with van der Waals surface area (Å²) in [5.74, 6) is -0.913. The molecule has 20 heavy (non-hydrogen) atoms. The third-order valence-corrected chi connectivity index (χ3v) is 2.40. The minimum Gasteiger partial charge on any atom is -0.482 e. The predicted molar refractivity (Wildman–Crippen MR) is 73.5 cm³/mol. The Bertz CT molecular complexity index is 424. The Morgan fingerprint density at radius 2 is 1.40 bits per heavy atom. The van der Waals surface area contributed by atoms with Crippen molar-refractivity contribution in [1.82, 2.24) is 9.80 Å². The van der Waals surface area contributed by atoms with Crippen LogP contribution in [0.5, 0.6) is 0 Å². The van der Waals surface area contributed by atoms with Gasteiger partial charge in [0.05, 0.1) is 27.0 Å². The standard InChI is InChI=1S/C13H22N2O5/c1-14(2)9(8-10(16)18-5)11(13(17)20-7)12(19-6)15(3)4/h8H,1-7H3/b9-8+,12-11-. The van der Waals surface area contributed by atoms with E-state index in [1.54, 1.807) is 38.0 Å². The molecular formula is C13H22N2O5. The lowest BCUT2D eigenvalue weighted by molar-refractivity contribution is -0.136. The van der Waals surface area contributed by atoms with Gasteiger partial charge in [0.1, 0.15) is 5.57 Å². The molecule has 114 valence electrons. The predicted octanol–water partition coefficient (Wildman–Crippen LogP) is 0.198. The molecule has 0 saturated heterocycles. The van der Waals surface area contributed by atoms with Crippen LogP contribution in [0.1, 0.15) is 0 Å². The highest BCUT2D eigenvalue weighted by atomic mass is 16.5. The molecule has 0 N–H and O–H groups in total. The lowest BCUT2D eigenvalue weighted by atomic mass is 10.1. The summed E-state index contributed by atoms with van der Waals surface area (Å²) in [4.78, 5) is 26.7. The topological polar surface area (TPSA) is 68.3 Å². The van der Waals surface area contributed by atoms with Crippen LogP contribution in [0.4, 0.5) is 0 Å². The lowest BCUT2D eigenvalue weighted by Crippen LogP contribution is -2.26. The largest absolute Gasteiger partial charge is 0.482 e. The van der Waals surface area contributed by atoms with E-state index in [1.165, 1.54) is 27.4 Å². The maximum absolute atomic E-state index is 12.0. The molecule has 0 bridgehead atoms. The monoisotopic (exact) mass is 286 g/mol. The van der Waals surface area contributed by atoms with Crippen molar-refractivity contribution in [2.75, 3.05) is 49.5 Å². The van der Waals surface area contributed by atoms with Crippen molar-refractivity contribution in [3.05, 3.63) is 23.2 Å². The van der Waals surface area contributed by atoms with Crippen LogP contribution in [0.3, 0.4) is 0 Å². The second kappa shape index (κ2) is 8.08. The number of ether oxygens (including phenoxy) is 3. The number of hydrogen-bond donors (Lipinski definition) is 0. The Morgan fingerprint density at radius 3 is 1.70 bits per heavy atom. The van der Waals surface area contributed by atoms with E-state index in [0.29, 0.717) is 5.70 Å². The van der Waals surface area contributed by atoms with Crippen LogP contribution in [-0.4, -0.2) is 71.3 Å². The molecule has 0 aliphatic carbocycles. The van der Waals surface area contributed by atoms with E-state index in [4.69, 9.17) is 9.47 Å². The van der Waals surface area contributed by atoms with Gasteiger partial charge < -0.3 is 24.0 Å². The lowest BCUT2D eigenvalue weighted by Gasteiger charge is -2.24. The summed E-state index contributed by atoms with van der Waals surface area (Å²) in [6, 6.07) is 0. The van der Waals surface area contributed by atoms with Crippen molar-refractivity contribution < 1.29 is 23.8 Å². The van der Waals surface area contributed by atoms with Crippen LogP contribution >= 0.6 is 0 Å². The van der Waals surface area contributed by atoms with Crippen LogP contribution in [0.2, 0.25) is 0 Å². The van der Waals surface area contributed by atoms with Crippen LogP contribution in [0.25, 0.3) is 0 Å². The smallest absolute Gasteiger partial charge is 0.345 e. The zero-order valence-electron chi connectivity index (χ0n) is 13.0. The fourth-order valence-corrected chi connectivity index (χ4v) is 1.51. The van der Waals surface area contributed by atoms with Gasteiger partial charge in [-0.2, -0.15) is 0 Å². The summed E-state index contributed by atoms with van der Waals surface area (Å²) >= 11 is 0. The molecule has 7 nitrogen and oxygen atoms in total. The van der Waals surface area contributed by atoms with Crippen LogP contribution in [0, 0.1) is 0 Å². The van der Waals surface area contributed by atoms with E-state index in [0.717, 1.165) is 0 Å². The molecule has 0 amide bonds. The van der Waals surface area contributed by atoms with Gasteiger partial charge in [0.25, 0.3) is 0 Å². The summed E-state index contributed by atoms with van der Waals surface area (Å²) < 4.78 is 14.6. The van der Waals surface area contributed by atoms with Crippen molar-refractivity contribution in [3.8, 4) is 0 Å². The fraction of sp³-hybridized carbons (Fsp3) is 0.538. The molecule has 0 aromatic rings. The molecule has 0 atom stereocenters. The molecule has 0 aliphatic rings. The maximum Gasteiger partial charge on any atom is 0.345 e. The van der Waals surface area contributed by atoms with E-state index in [1.807, 2.05) is 0 Å². The first-order valence-corrected chi connectivity index (χ1v) is 5.81. The normalized spacial score (nSPS) is 12.2. The maximum atomic E-state index is 12.0. The van der Waals surface area contributed by atoms with Crippen molar-refractivity contribution in [2.24, 2.45) is 0 Å². The molecule has 0 fully saturated rings. The second-order valence-corrected chi connectivity index (χ2v) is 4.22. The Kier molecular flexibility index (Phi) is 7.20. The zero-order chi connectivity index (χ0) is 15.9. The number of carbonyl (C=O) groups is 2. The quantitative estimate of drug-likeness (QED) is 0.299. The highest BCUT2D eigenvalue weighted by Gasteiger charge is 2.25. The molecule has 0 heterocycles. The number of carbonyl (C=O) groups excluding carboxylic acids is 2. The molecule has 0 aliphatic heterocycles. The summed E-state index contributed by atoms with van der Waals surface area (Å²) in [6.45, 7) is 0. The van der Waals surface area contributed by atoms with Crippen molar-refractivity contribution in [3.63, 3.8) is 0 Å². The number of hydrogen-bond acceptors (Lipinski definition) is 7. The SMILES string of the molecule is COC(=O)/C=C(\C(C(=O)OC)=C(\OC)N(C)C)N(C)C. The van der Waals surface area contributed by atoms with E-state index in [2.05, 4.69) is 4.74 Å². The minimum atomic E-state index is -0.612. The molecule has 0 rings (SSSR count). The number of likely N-dealkylation sites (N-methyl/N-ethyl adjacent to an activating group) is 1. The van der Waals surface area contributed by atoms with Gasteiger partial charge in [-0.25, -0.2) is 9.59 Å². The second-order valence-electron chi connectivity index (χ2n) is 4.22. The third-order valence-electron chi connectivity index (χ3n) is 2.40. The number of methoxy groups -OCH3 is 3. The third kappa shape index (κ3) is 4.49. The molecule has 7 heteroatoms. The van der Waals surface area contributed by atoms with Crippen LogP contribution in [-0.2, 0) is 23.8 Å². The van der Waals surface area contributed by atoms with E-state index < -0.39 is 11.9 Å². The first-order chi connectivity index (χ1) is 9.29. The van der Waals surface area contributed by atoms with Gasteiger partial charge in [0, 0.05) is 34.3 Å². The van der Waals surface area contributed by atoms with E-state index in [9.17, 15) is 9.59 Å². The average molecular weight is 286 g/mol. The number of nitrogens with zero attached hydrogens (tertiary/aromatic N) is 2. The fourth-order valence-electron chi connectivity index (χ4n) is 1.51. The molecule has 0 unspecified atom stereocenters. The zero-order valence-corrected chi connectivity index (χ0v) is 13.0. The van der Waals surface area contributed by atoms with Crippen molar-refractivity contribution >= 4 is 11.9 Å². The molecule has 0 aromatic carbocycles. The van der Waals surface area contributed by atoms with Gasteiger partial charge in [0.15, 0.2) is 0 Å². The van der Waals surface area contributed by atoms with E-state index in [-0.39, 0.29) is 11.5 Å². The Balaban J connectivity index is 6.13. The van der Waals surface area contributed by atoms with Crippen molar-refractivity contribution in [1.29, 1.82) is 0 Å². The van der Waals surface area contributed by atoms with Gasteiger partial charge in [-0.05, 0) is 0 Å². The number of rotatable bonds is 6. The van der Waals surface area contributed by atoms with Gasteiger partial charge >= 0.3 is 11.9 Å². The van der Waals surface area contributed by atoms with Gasteiger partial charge in [-0.1, -0.05) is 0 Å². The first kappa shape index (κ1) is 17.8. The molecule has 0 saturated carbocycles.